The Hall–Kier alpha value is -0.770. The normalized spacial score (nSPS) is 19.4. The summed E-state index contributed by atoms with van der Waals surface area (Å²) in [7, 11) is 0. The minimum absolute atomic E-state index is 0. The number of halogens is 1. The molecule has 3 nitrogen and oxygen atoms in total. The van der Waals surface area contributed by atoms with Crippen molar-refractivity contribution in [3.8, 4) is 5.75 Å². The van der Waals surface area contributed by atoms with Crippen LogP contribution >= 0.6 is 12.4 Å². The van der Waals surface area contributed by atoms with Gasteiger partial charge in [0, 0.05) is 32.2 Å². The van der Waals surface area contributed by atoms with Crippen LogP contribution in [-0.2, 0) is 0 Å². The topological polar surface area (TPSA) is 24.5 Å². The molecule has 1 atom stereocenters. The molecule has 0 bridgehead atoms. The van der Waals surface area contributed by atoms with Gasteiger partial charge in [-0.05, 0) is 43.0 Å². The maximum absolute atomic E-state index is 5.91. The van der Waals surface area contributed by atoms with E-state index in [-0.39, 0.29) is 12.4 Å². The predicted octanol–water partition coefficient (Wildman–Crippen LogP) is 3.21. The van der Waals surface area contributed by atoms with Crippen LogP contribution in [-0.4, -0.2) is 43.7 Å². The lowest BCUT2D eigenvalue weighted by atomic mass is 9.98. The molecule has 120 valence electrons. The second kappa shape index (κ2) is 8.62. The van der Waals surface area contributed by atoms with E-state index >= 15 is 0 Å². The van der Waals surface area contributed by atoms with Gasteiger partial charge in [0.2, 0.25) is 0 Å². The second-order valence-corrected chi connectivity index (χ2v) is 6.11. The third-order valence-corrected chi connectivity index (χ3v) is 4.15. The van der Waals surface area contributed by atoms with Crippen LogP contribution in [0, 0.1) is 6.92 Å². The number of nitrogens with one attached hydrogen (secondary N) is 1. The Balaban J connectivity index is 0.00000220. The van der Waals surface area contributed by atoms with Crippen molar-refractivity contribution in [1.82, 2.24) is 10.2 Å². The molecule has 0 unspecified atom stereocenters. The molecule has 4 heteroatoms. The summed E-state index contributed by atoms with van der Waals surface area (Å²) >= 11 is 0. The van der Waals surface area contributed by atoms with Crippen LogP contribution in [0.2, 0.25) is 0 Å². The summed E-state index contributed by atoms with van der Waals surface area (Å²) in [6.07, 6.45) is 0. The summed E-state index contributed by atoms with van der Waals surface area (Å²) in [5.74, 6) is 1.57. The van der Waals surface area contributed by atoms with Gasteiger partial charge in [0.1, 0.15) is 12.4 Å². The molecule has 1 heterocycles. The maximum atomic E-state index is 5.91. The Morgan fingerprint density at radius 3 is 2.76 bits per heavy atom. The lowest BCUT2D eigenvalue weighted by Gasteiger charge is -2.33. The Bertz CT molecular complexity index is 437. The molecule has 1 saturated heterocycles. The molecular formula is C17H29ClN2O. The average Bonchev–Trinajstić information content (AvgIpc) is 2.40. The highest BCUT2D eigenvalue weighted by molar-refractivity contribution is 5.85. The summed E-state index contributed by atoms with van der Waals surface area (Å²) in [5.41, 5.74) is 2.74. The summed E-state index contributed by atoms with van der Waals surface area (Å²) < 4.78 is 5.91. The van der Waals surface area contributed by atoms with E-state index in [2.05, 4.69) is 56.1 Å². The van der Waals surface area contributed by atoms with Gasteiger partial charge < -0.3 is 10.1 Å². The Morgan fingerprint density at radius 1 is 1.38 bits per heavy atom. The molecule has 1 aliphatic rings. The second-order valence-electron chi connectivity index (χ2n) is 6.11. The van der Waals surface area contributed by atoms with Crippen molar-refractivity contribution < 1.29 is 4.74 Å². The number of ether oxygens (including phenoxy) is 1. The third kappa shape index (κ3) is 5.17. The highest BCUT2D eigenvalue weighted by Crippen LogP contribution is 2.23. The monoisotopic (exact) mass is 312 g/mol. The van der Waals surface area contributed by atoms with Gasteiger partial charge in [-0.2, -0.15) is 0 Å². The van der Waals surface area contributed by atoms with Crippen molar-refractivity contribution in [3.05, 3.63) is 29.3 Å². The molecule has 1 N–H and O–H groups in total. The first-order chi connectivity index (χ1) is 9.58. The van der Waals surface area contributed by atoms with Gasteiger partial charge in [0.25, 0.3) is 0 Å². The van der Waals surface area contributed by atoms with Crippen molar-refractivity contribution in [1.29, 1.82) is 0 Å². The van der Waals surface area contributed by atoms with Crippen LogP contribution in [0.3, 0.4) is 0 Å². The first-order valence-electron chi connectivity index (χ1n) is 7.76. The van der Waals surface area contributed by atoms with Gasteiger partial charge in [-0.1, -0.05) is 19.9 Å². The number of hydrogen-bond acceptors (Lipinski definition) is 3. The number of rotatable bonds is 5. The third-order valence-electron chi connectivity index (χ3n) is 4.15. The highest BCUT2D eigenvalue weighted by atomic mass is 35.5. The lowest BCUT2D eigenvalue weighted by Crippen LogP contribution is -2.50. The Kier molecular flexibility index (Phi) is 7.50. The van der Waals surface area contributed by atoms with Crippen molar-refractivity contribution >= 4 is 12.4 Å². The van der Waals surface area contributed by atoms with Crippen LogP contribution in [0.4, 0.5) is 0 Å². The molecular weight excluding hydrogens is 284 g/mol. The van der Waals surface area contributed by atoms with Crippen molar-refractivity contribution in [2.45, 2.75) is 39.7 Å². The molecule has 0 spiro atoms. The molecule has 2 rings (SSSR count). The standard InChI is InChI=1S/C17H28N2O.ClH/c1-13(2)17-6-5-16(11-14(17)3)20-10-9-19-8-7-18-12-15(19)4;/h5-6,11,13,15,18H,7-10,12H2,1-4H3;1H/t15-;/m1./s1. The number of benzene rings is 1. The predicted molar refractivity (Wildman–Crippen MR) is 91.9 cm³/mol. The summed E-state index contributed by atoms with van der Waals surface area (Å²) in [4.78, 5) is 2.49. The molecule has 0 aromatic heterocycles. The zero-order valence-electron chi connectivity index (χ0n) is 13.7. The van der Waals surface area contributed by atoms with Gasteiger partial charge in [0.05, 0.1) is 0 Å². The van der Waals surface area contributed by atoms with E-state index in [9.17, 15) is 0 Å². The smallest absolute Gasteiger partial charge is 0.119 e. The van der Waals surface area contributed by atoms with E-state index in [1.165, 1.54) is 11.1 Å². The van der Waals surface area contributed by atoms with Crippen LogP contribution in [0.1, 0.15) is 37.8 Å². The zero-order valence-corrected chi connectivity index (χ0v) is 14.5. The SMILES string of the molecule is Cc1cc(OCCN2CCNC[C@H]2C)ccc1C(C)C.Cl. The van der Waals surface area contributed by atoms with Crippen LogP contribution in [0.25, 0.3) is 0 Å². The van der Waals surface area contributed by atoms with Gasteiger partial charge in [0.15, 0.2) is 0 Å². The van der Waals surface area contributed by atoms with E-state index in [0.717, 1.165) is 38.5 Å². The highest BCUT2D eigenvalue weighted by Gasteiger charge is 2.17. The fraction of sp³-hybridized carbons (Fsp3) is 0.647. The number of nitrogens with zero attached hydrogens (tertiary/aromatic N) is 1. The first kappa shape index (κ1) is 18.3. The molecule has 1 aromatic rings. The van der Waals surface area contributed by atoms with Gasteiger partial charge in [-0.15, -0.1) is 12.4 Å². The van der Waals surface area contributed by atoms with Gasteiger partial charge in [-0.3, -0.25) is 4.90 Å². The fourth-order valence-corrected chi connectivity index (χ4v) is 2.88. The minimum atomic E-state index is 0. The molecule has 0 saturated carbocycles. The molecule has 1 aromatic carbocycles. The molecule has 1 aliphatic heterocycles. The summed E-state index contributed by atoms with van der Waals surface area (Å²) in [6.45, 7) is 14.0. The van der Waals surface area contributed by atoms with E-state index in [1.807, 2.05) is 0 Å². The molecule has 0 amide bonds. The molecule has 0 radical (unpaired) electrons. The van der Waals surface area contributed by atoms with Gasteiger partial charge in [-0.25, -0.2) is 0 Å². The summed E-state index contributed by atoms with van der Waals surface area (Å²) in [5, 5.41) is 3.41. The molecule has 1 fully saturated rings. The Labute approximate surface area is 135 Å². The quantitative estimate of drug-likeness (QED) is 0.903. The largest absolute Gasteiger partial charge is 0.492 e. The van der Waals surface area contributed by atoms with Crippen molar-refractivity contribution in [2.24, 2.45) is 0 Å². The van der Waals surface area contributed by atoms with Crippen LogP contribution in [0.15, 0.2) is 18.2 Å². The van der Waals surface area contributed by atoms with E-state index < -0.39 is 0 Å². The Morgan fingerprint density at radius 2 is 2.14 bits per heavy atom. The summed E-state index contributed by atoms with van der Waals surface area (Å²) in [6, 6.07) is 7.07. The van der Waals surface area contributed by atoms with E-state index in [1.54, 1.807) is 0 Å². The molecule has 0 aliphatic carbocycles. The minimum Gasteiger partial charge on any atom is -0.492 e. The molecule has 21 heavy (non-hydrogen) atoms. The van der Waals surface area contributed by atoms with E-state index in [0.29, 0.717) is 12.0 Å². The van der Waals surface area contributed by atoms with E-state index in [4.69, 9.17) is 4.74 Å². The van der Waals surface area contributed by atoms with Crippen LogP contribution < -0.4 is 10.1 Å². The maximum Gasteiger partial charge on any atom is 0.119 e. The van der Waals surface area contributed by atoms with Crippen molar-refractivity contribution in [3.63, 3.8) is 0 Å². The average molecular weight is 313 g/mol. The number of piperazine rings is 1. The van der Waals surface area contributed by atoms with Crippen molar-refractivity contribution in [2.75, 3.05) is 32.8 Å². The fourth-order valence-electron chi connectivity index (χ4n) is 2.88. The van der Waals surface area contributed by atoms with Crippen LogP contribution in [0.5, 0.6) is 5.75 Å². The lowest BCUT2D eigenvalue weighted by molar-refractivity contribution is 0.143. The number of hydrogen-bond donors (Lipinski definition) is 1. The zero-order chi connectivity index (χ0) is 14.5. The number of aryl methyl sites for hydroxylation is 1. The first-order valence-corrected chi connectivity index (χ1v) is 7.76. The van der Waals surface area contributed by atoms with Gasteiger partial charge >= 0.3 is 0 Å².